The van der Waals surface area contributed by atoms with Crippen molar-refractivity contribution in [2.24, 2.45) is 0 Å². The van der Waals surface area contributed by atoms with Crippen LogP contribution in [0.4, 0.5) is 19.0 Å². The Morgan fingerprint density at radius 1 is 0.719 bits per heavy atom. The third-order valence-electron chi connectivity index (χ3n) is 8.19. The number of alkyl halides is 3. The Morgan fingerprint density at radius 3 is 1.72 bits per heavy atom. The molecule has 0 radical (unpaired) electrons. The number of hydrogen-bond acceptors (Lipinski definition) is 12. The zero-order chi connectivity index (χ0) is 42.4. The molecular weight excluding hydrogens is 751 g/mol. The highest BCUT2D eigenvalue weighted by Crippen LogP contribution is 2.25. The number of ether oxygens (including phenoxy) is 7. The number of aliphatic carboxylic acids is 1. The first-order valence-corrected chi connectivity index (χ1v) is 20.0. The number of aromatic nitrogens is 1. The summed E-state index contributed by atoms with van der Waals surface area (Å²) >= 11 is 0. The van der Waals surface area contributed by atoms with E-state index in [9.17, 15) is 18.0 Å². The number of halogens is 3. The number of carboxylic acids is 1. The van der Waals surface area contributed by atoms with Crippen LogP contribution in [0.1, 0.15) is 83.8 Å². The second kappa shape index (κ2) is 30.9. The van der Waals surface area contributed by atoms with Gasteiger partial charge in [0.05, 0.1) is 91.2 Å². The number of likely N-dealkylation sites (N-methyl/N-ethyl adjacent to an activating group) is 1. The van der Waals surface area contributed by atoms with E-state index in [-0.39, 0.29) is 12.4 Å². The highest BCUT2D eigenvalue weighted by Gasteiger charge is 2.38. The molecule has 0 saturated heterocycles. The van der Waals surface area contributed by atoms with Crippen LogP contribution in [0.3, 0.4) is 0 Å². The molecular formula is C41H68F3N3O10. The Hall–Kier alpha value is -3.12. The van der Waals surface area contributed by atoms with Crippen LogP contribution in [0.2, 0.25) is 0 Å². The number of nitrogens with two attached hydrogens (primary N) is 1. The van der Waals surface area contributed by atoms with Crippen LogP contribution in [0.15, 0.2) is 24.3 Å². The normalized spacial score (nSPS) is 11.9. The van der Waals surface area contributed by atoms with Gasteiger partial charge in [-0.1, -0.05) is 38.3 Å². The molecule has 328 valence electrons. The maximum absolute atomic E-state index is 11.6. The van der Waals surface area contributed by atoms with E-state index in [1.54, 1.807) is 0 Å². The molecule has 1 aromatic heterocycles. The van der Waals surface area contributed by atoms with Crippen molar-refractivity contribution in [3.63, 3.8) is 0 Å². The van der Waals surface area contributed by atoms with Crippen molar-refractivity contribution in [2.75, 3.05) is 105 Å². The number of rotatable bonds is 31. The SMILES string of the molecule is CCCCCc1cc2c(CCCCCN(C)CCOCCOCCOCCOCCOCCOCCC(=O)OC(C)(C)C)cccc2nc1N.O=C(O)C(F)(F)F. The van der Waals surface area contributed by atoms with Gasteiger partial charge in [-0.2, -0.15) is 13.2 Å². The summed E-state index contributed by atoms with van der Waals surface area (Å²) in [5.41, 5.74) is 9.37. The first-order chi connectivity index (χ1) is 27.1. The fourth-order valence-corrected chi connectivity index (χ4v) is 5.25. The first-order valence-electron chi connectivity index (χ1n) is 20.0. The Bertz CT molecular complexity index is 1360. The van der Waals surface area contributed by atoms with Gasteiger partial charge in [0.2, 0.25) is 0 Å². The van der Waals surface area contributed by atoms with E-state index in [0.717, 1.165) is 37.9 Å². The predicted octanol–water partition coefficient (Wildman–Crippen LogP) is 6.66. The predicted molar refractivity (Wildman–Crippen MR) is 214 cm³/mol. The number of carbonyl (C=O) groups excluding carboxylic acids is 1. The number of benzene rings is 1. The number of anilines is 1. The Morgan fingerprint density at radius 2 is 1.21 bits per heavy atom. The standard InChI is InChI=1S/C39H67N3O8.C2HF3O2/c1-6-7-9-14-34-32-35-33(15-12-16-36(35)41-38(34)40)13-10-8-11-18-42(5)19-21-45-23-25-47-27-29-49-31-30-48-28-26-46-24-22-44-20-17-37(43)50-39(2,3)4;3-2(4,5)1(6)7/h12,15-16,32H,6-11,13-14,17-31H2,1-5H3,(H2,40,41);(H,6,7). The lowest BCUT2D eigenvalue weighted by molar-refractivity contribution is -0.192. The largest absolute Gasteiger partial charge is 0.490 e. The minimum atomic E-state index is -5.08. The van der Waals surface area contributed by atoms with E-state index < -0.39 is 17.7 Å². The average molecular weight is 820 g/mol. The van der Waals surface area contributed by atoms with Crippen molar-refractivity contribution in [1.82, 2.24) is 9.88 Å². The van der Waals surface area contributed by atoms with Gasteiger partial charge in [0, 0.05) is 11.9 Å². The van der Waals surface area contributed by atoms with Crippen LogP contribution in [-0.2, 0) is 55.6 Å². The van der Waals surface area contributed by atoms with E-state index >= 15 is 0 Å². The van der Waals surface area contributed by atoms with E-state index in [0.29, 0.717) is 85.1 Å². The molecule has 0 bridgehead atoms. The number of carboxylic acid groups (broad SMARTS) is 1. The van der Waals surface area contributed by atoms with Gasteiger partial charge < -0.3 is 48.9 Å². The number of unbranched alkanes of at least 4 members (excludes halogenated alkanes) is 4. The summed E-state index contributed by atoms with van der Waals surface area (Å²) in [5.74, 6) is -2.33. The molecule has 2 aromatic rings. The van der Waals surface area contributed by atoms with Crippen LogP contribution in [0, 0.1) is 0 Å². The molecule has 2 rings (SSSR count). The summed E-state index contributed by atoms with van der Waals surface area (Å²) in [6, 6.07) is 8.70. The lowest BCUT2D eigenvalue weighted by Crippen LogP contribution is -2.25. The van der Waals surface area contributed by atoms with Gasteiger partial charge in [-0.15, -0.1) is 0 Å². The highest BCUT2D eigenvalue weighted by atomic mass is 19.4. The third-order valence-corrected chi connectivity index (χ3v) is 8.19. The molecule has 0 fully saturated rings. The van der Waals surface area contributed by atoms with Gasteiger partial charge in [-0.05, 0) is 89.7 Å². The summed E-state index contributed by atoms with van der Waals surface area (Å²) in [5, 5.41) is 8.39. The lowest BCUT2D eigenvalue weighted by Gasteiger charge is -2.19. The smallest absolute Gasteiger partial charge is 0.475 e. The Balaban J connectivity index is 0.00000211. The molecule has 0 aliphatic heterocycles. The number of carbonyl (C=O) groups is 2. The molecule has 0 unspecified atom stereocenters. The third kappa shape index (κ3) is 28.0. The van der Waals surface area contributed by atoms with Crippen LogP contribution < -0.4 is 5.73 Å². The number of aryl methyl sites for hydroxylation is 2. The second-order valence-corrected chi connectivity index (χ2v) is 14.4. The fraction of sp³-hybridized carbons (Fsp3) is 0.732. The van der Waals surface area contributed by atoms with Crippen molar-refractivity contribution in [2.45, 2.75) is 97.3 Å². The van der Waals surface area contributed by atoms with E-state index in [1.807, 2.05) is 20.8 Å². The number of nitrogens with zero attached hydrogens (tertiary/aromatic N) is 2. The zero-order valence-electron chi connectivity index (χ0n) is 34.8. The number of hydrogen-bond donors (Lipinski definition) is 2. The van der Waals surface area contributed by atoms with E-state index in [2.05, 4.69) is 43.1 Å². The van der Waals surface area contributed by atoms with Crippen molar-refractivity contribution in [3.8, 4) is 0 Å². The van der Waals surface area contributed by atoms with Gasteiger partial charge >= 0.3 is 18.1 Å². The van der Waals surface area contributed by atoms with Crippen LogP contribution >= 0.6 is 0 Å². The summed E-state index contributed by atoms with van der Waals surface area (Å²) in [6.45, 7) is 15.8. The first kappa shape index (κ1) is 51.9. The summed E-state index contributed by atoms with van der Waals surface area (Å²) in [4.78, 5) is 27.5. The topological polar surface area (TPSA) is 161 Å². The second-order valence-electron chi connectivity index (χ2n) is 14.4. The van der Waals surface area contributed by atoms with Gasteiger partial charge in [-0.25, -0.2) is 9.78 Å². The van der Waals surface area contributed by atoms with Crippen molar-refractivity contribution >= 4 is 28.7 Å². The van der Waals surface area contributed by atoms with Crippen molar-refractivity contribution < 1.29 is 61.0 Å². The van der Waals surface area contributed by atoms with Crippen LogP contribution in [0.25, 0.3) is 10.9 Å². The van der Waals surface area contributed by atoms with E-state index in [4.69, 9.17) is 53.8 Å². The molecule has 0 aliphatic rings. The molecule has 57 heavy (non-hydrogen) atoms. The number of pyridine rings is 1. The van der Waals surface area contributed by atoms with Crippen molar-refractivity contribution in [3.05, 3.63) is 35.4 Å². The molecule has 0 aliphatic carbocycles. The lowest BCUT2D eigenvalue weighted by atomic mass is 9.99. The molecule has 3 N–H and O–H groups in total. The quantitative estimate of drug-likeness (QED) is 0.0615. The Kier molecular flexibility index (Phi) is 28.1. The molecule has 0 spiro atoms. The van der Waals surface area contributed by atoms with Gasteiger partial charge in [0.25, 0.3) is 0 Å². The van der Waals surface area contributed by atoms with Gasteiger partial charge in [0.1, 0.15) is 11.4 Å². The van der Waals surface area contributed by atoms with Crippen molar-refractivity contribution in [1.29, 1.82) is 0 Å². The fourth-order valence-electron chi connectivity index (χ4n) is 5.25. The molecule has 0 amide bonds. The number of nitrogen functional groups attached to an aromatic ring is 1. The maximum Gasteiger partial charge on any atom is 0.490 e. The summed E-state index contributed by atoms with van der Waals surface area (Å²) in [6.07, 6.45) is 4.36. The average Bonchev–Trinajstić information content (AvgIpc) is 3.13. The van der Waals surface area contributed by atoms with Crippen LogP contribution in [-0.4, -0.2) is 138 Å². The molecule has 1 aromatic carbocycles. The molecule has 13 nitrogen and oxygen atoms in total. The Labute approximate surface area is 337 Å². The minimum Gasteiger partial charge on any atom is -0.475 e. The summed E-state index contributed by atoms with van der Waals surface area (Å²) < 4.78 is 70.2. The number of esters is 1. The molecule has 0 saturated carbocycles. The zero-order valence-corrected chi connectivity index (χ0v) is 34.8. The molecule has 0 atom stereocenters. The highest BCUT2D eigenvalue weighted by molar-refractivity contribution is 5.84. The van der Waals surface area contributed by atoms with Gasteiger partial charge in [-0.3, -0.25) is 4.79 Å². The molecule has 1 heterocycles. The number of fused-ring (bicyclic) bond motifs is 1. The minimum absolute atomic E-state index is 0.239. The van der Waals surface area contributed by atoms with E-state index in [1.165, 1.54) is 48.6 Å². The monoisotopic (exact) mass is 819 g/mol. The van der Waals surface area contributed by atoms with Gasteiger partial charge in [0.15, 0.2) is 0 Å². The molecule has 16 heteroatoms. The summed E-state index contributed by atoms with van der Waals surface area (Å²) in [7, 11) is 2.16. The van der Waals surface area contributed by atoms with Crippen LogP contribution in [0.5, 0.6) is 0 Å². The maximum atomic E-state index is 11.6.